The average Bonchev–Trinajstić information content (AvgIpc) is 2.36. The van der Waals surface area contributed by atoms with Gasteiger partial charge >= 0.3 is 0 Å². The lowest BCUT2D eigenvalue weighted by Crippen LogP contribution is -2.53. The molecule has 0 bridgehead atoms. The molecule has 0 saturated carbocycles. The van der Waals surface area contributed by atoms with Gasteiger partial charge in [-0.2, -0.15) is 0 Å². The van der Waals surface area contributed by atoms with E-state index in [2.05, 4.69) is 13.8 Å². The lowest BCUT2D eigenvalue weighted by atomic mass is 10.1. The van der Waals surface area contributed by atoms with Crippen LogP contribution in [0.4, 0.5) is 0 Å². The Hall–Kier alpha value is -1.07. The molecule has 5 heteroatoms. The van der Waals surface area contributed by atoms with Crippen LogP contribution in [0.25, 0.3) is 0 Å². The van der Waals surface area contributed by atoms with E-state index < -0.39 is 14.6 Å². The molecule has 1 saturated heterocycles. The molecule has 0 atom stereocenters. The zero-order valence-electron chi connectivity index (χ0n) is 12.3. The van der Waals surface area contributed by atoms with Crippen molar-refractivity contribution < 1.29 is 17.9 Å². The quantitative estimate of drug-likeness (QED) is 0.810. The van der Waals surface area contributed by atoms with Crippen LogP contribution < -0.4 is 4.74 Å². The van der Waals surface area contributed by atoms with E-state index in [0.29, 0.717) is 23.2 Å². The first kappa shape index (κ1) is 15.3. The van der Waals surface area contributed by atoms with Crippen molar-refractivity contribution in [3.05, 3.63) is 24.3 Å². The van der Waals surface area contributed by atoms with Crippen LogP contribution in [-0.4, -0.2) is 33.0 Å². The third-order valence-electron chi connectivity index (χ3n) is 3.56. The zero-order chi connectivity index (χ0) is 14.8. The summed E-state index contributed by atoms with van der Waals surface area (Å²) in [6, 6.07) is 6.67. The normalized spacial score (nSPS) is 17.8. The van der Waals surface area contributed by atoms with Crippen LogP contribution in [0, 0.1) is 5.92 Å². The summed E-state index contributed by atoms with van der Waals surface area (Å²) in [6.07, 6.45) is 0.982. The fraction of sp³-hybridized carbons (Fsp3) is 0.600. The van der Waals surface area contributed by atoms with Crippen LogP contribution in [0.1, 0.15) is 27.2 Å². The van der Waals surface area contributed by atoms with Gasteiger partial charge in [0.15, 0.2) is 9.84 Å². The molecule has 0 aromatic heterocycles. The minimum absolute atomic E-state index is 0.266. The van der Waals surface area contributed by atoms with Gasteiger partial charge in [0.05, 0.1) is 24.7 Å². The molecule has 20 heavy (non-hydrogen) atoms. The highest BCUT2D eigenvalue weighted by molar-refractivity contribution is 7.93. The molecule has 1 heterocycles. The van der Waals surface area contributed by atoms with E-state index in [1.807, 2.05) is 0 Å². The Kier molecular flexibility index (Phi) is 4.39. The first-order valence-corrected chi connectivity index (χ1v) is 8.39. The van der Waals surface area contributed by atoms with Crippen molar-refractivity contribution >= 4 is 9.84 Å². The van der Waals surface area contributed by atoms with E-state index in [1.54, 1.807) is 31.2 Å². The van der Waals surface area contributed by atoms with Gasteiger partial charge in [-0.15, -0.1) is 0 Å². The van der Waals surface area contributed by atoms with E-state index in [0.717, 1.165) is 6.42 Å². The molecule has 112 valence electrons. The highest BCUT2D eigenvalue weighted by Crippen LogP contribution is 2.32. The largest absolute Gasteiger partial charge is 0.494 e. The summed E-state index contributed by atoms with van der Waals surface area (Å²) >= 11 is 0. The van der Waals surface area contributed by atoms with Crippen LogP contribution in [0.2, 0.25) is 0 Å². The molecule has 1 aliphatic heterocycles. The summed E-state index contributed by atoms with van der Waals surface area (Å²) in [5.74, 6) is 1.30. The highest BCUT2D eigenvalue weighted by Gasteiger charge is 2.46. The molecule has 0 unspecified atom stereocenters. The molecule has 0 radical (unpaired) electrons. The van der Waals surface area contributed by atoms with Crippen molar-refractivity contribution in [2.45, 2.75) is 36.8 Å². The van der Waals surface area contributed by atoms with Crippen molar-refractivity contribution in [2.75, 3.05) is 19.8 Å². The van der Waals surface area contributed by atoms with Gasteiger partial charge in [-0.1, -0.05) is 13.8 Å². The number of hydrogen-bond acceptors (Lipinski definition) is 4. The number of rotatable bonds is 6. The Morgan fingerprint density at radius 1 is 1.25 bits per heavy atom. The SMILES string of the molecule is CC(C)CCOc1ccc(S(=O)(=O)C2(C)COC2)cc1. The van der Waals surface area contributed by atoms with Crippen LogP contribution in [0.3, 0.4) is 0 Å². The topological polar surface area (TPSA) is 52.6 Å². The Morgan fingerprint density at radius 3 is 2.30 bits per heavy atom. The smallest absolute Gasteiger partial charge is 0.188 e. The number of ether oxygens (including phenoxy) is 2. The highest BCUT2D eigenvalue weighted by atomic mass is 32.2. The monoisotopic (exact) mass is 298 g/mol. The maximum absolute atomic E-state index is 12.4. The first-order chi connectivity index (χ1) is 9.35. The molecule has 0 aliphatic carbocycles. The van der Waals surface area contributed by atoms with E-state index >= 15 is 0 Å². The fourth-order valence-corrected chi connectivity index (χ4v) is 3.50. The van der Waals surface area contributed by atoms with Gasteiger partial charge in [-0.25, -0.2) is 8.42 Å². The van der Waals surface area contributed by atoms with Crippen LogP contribution in [0.5, 0.6) is 5.75 Å². The second-order valence-electron chi connectivity index (χ2n) is 5.95. The lowest BCUT2D eigenvalue weighted by Gasteiger charge is -2.37. The summed E-state index contributed by atoms with van der Waals surface area (Å²) < 4.78 is 34.7. The predicted molar refractivity (Wildman–Crippen MR) is 77.8 cm³/mol. The molecular formula is C15H22O4S. The van der Waals surface area contributed by atoms with Crippen molar-refractivity contribution in [1.82, 2.24) is 0 Å². The van der Waals surface area contributed by atoms with Gasteiger partial charge in [-0.3, -0.25) is 0 Å². The van der Waals surface area contributed by atoms with Gasteiger partial charge in [0.25, 0.3) is 0 Å². The van der Waals surface area contributed by atoms with Gasteiger partial charge in [0.1, 0.15) is 10.5 Å². The standard InChI is InChI=1S/C15H22O4S/c1-12(2)8-9-19-13-4-6-14(7-5-13)20(16,17)15(3)10-18-11-15/h4-7,12H,8-11H2,1-3H3. The molecule has 1 aromatic rings. The molecule has 1 aromatic carbocycles. The van der Waals surface area contributed by atoms with Gasteiger partial charge in [0, 0.05) is 0 Å². The lowest BCUT2D eigenvalue weighted by molar-refractivity contribution is -0.00490. The Balaban J connectivity index is 2.05. The summed E-state index contributed by atoms with van der Waals surface area (Å²) in [6.45, 7) is 7.18. The van der Waals surface area contributed by atoms with Gasteiger partial charge < -0.3 is 9.47 Å². The van der Waals surface area contributed by atoms with E-state index in [1.165, 1.54) is 0 Å². The van der Waals surface area contributed by atoms with Crippen LogP contribution >= 0.6 is 0 Å². The molecular weight excluding hydrogens is 276 g/mol. The Bertz CT molecular complexity index is 542. The third-order valence-corrected chi connectivity index (χ3v) is 5.99. The third kappa shape index (κ3) is 2.99. The molecule has 4 nitrogen and oxygen atoms in total. The molecule has 1 fully saturated rings. The number of benzene rings is 1. The number of sulfone groups is 1. The summed E-state index contributed by atoms with van der Waals surface area (Å²) in [5, 5.41) is 0. The van der Waals surface area contributed by atoms with Crippen molar-refractivity contribution in [2.24, 2.45) is 5.92 Å². The van der Waals surface area contributed by atoms with Crippen molar-refractivity contribution in [3.8, 4) is 5.75 Å². The molecule has 1 aliphatic rings. The molecule has 0 amide bonds. The van der Waals surface area contributed by atoms with E-state index in [9.17, 15) is 8.42 Å². The number of hydrogen-bond donors (Lipinski definition) is 0. The second kappa shape index (κ2) is 5.74. The maximum Gasteiger partial charge on any atom is 0.188 e. The Morgan fingerprint density at radius 2 is 1.85 bits per heavy atom. The summed E-state index contributed by atoms with van der Waals surface area (Å²) in [4.78, 5) is 0.333. The van der Waals surface area contributed by atoms with Crippen LogP contribution in [0.15, 0.2) is 29.2 Å². The molecule has 0 N–H and O–H groups in total. The second-order valence-corrected chi connectivity index (χ2v) is 8.41. The minimum atomic E-state index is -3.33. The average molecular weight is 298 g/mol. The fourth-order valence-electron chi connectivity index (χ4n) is 1.96. The predicted octanol–water partition coefficient (Wildman–Crippen LogP) is 2.67. The summed E-state index contributed by atoms with van der Waals surface area (Å²) in [7, 11) is -3.33. The van der Waals surface area contributed by atoms with Crippen molar-refractivity contribution in [1.29, 1.82) is 0 Å². The minimum Gasteiger partial charge on any atom is -0.494 e. The molecule has 0 spiro atoms. The zero-order valence-corrected chi connectivity index (χ0v) is 13.1. The maximum atomic E-state index is 12.4. The van der Waals surface area contributed by atoms with Crippen molar-refractivity contribution in [3.63, 3.8) is 0 Å². The van der Waals surface area contributed by atoms with Crippen LogP contribution in [-0.2, 0) is 14.6 Å². The van der Waals surface area contributed by atoms with E-state index in [4.69, 9.17) is 9.47 Å². The van der Waals surface area contributed by atoms with E-state index in [-0.39, 0.29) is 13.2 Å². The molecule has 2 rings (SSSR count). The summed E-state index contributed by atoms with van der Waals surface area (Å²) in [5.41, 5.74) is 0. The Labute approximate surface area is 121 Å². The van der Waals surface area contributed by atoms with Gasteiger partial charge in [-0.05, 0) is 43.5 Å². The van der Waals surface area contributed by atoms with Gasteiger partial charge in [0.2, 0.25) is 0 Å². The first-order valence-electron chi connectivity index (χ1n) is 6.90.